The maximum absolute atomic E-state index is 12.5. The number of carbonyl (C=O) groups excluding carboxylic acids is 2. The average molecular weight is 394 g/mol. The van der Waals surface area contributed by atoms with E-state index >= 15 is 0 Å². The Morgan fingerprint density at radius 3 is 2.41 bits per heavy atom. The Labute approximate surface area is 168 Å². The van der Waals surface area contributed by atoms with E-state index in [0.29, 0.717) is 17.1 Å². The molecule has 0 aliphatic heterocycles. The van der Waals surface area contributed by atoms with Crippen molar-refractivity contribution >= 4 is 17.9 Å². The molecule has 150 valence electrons. The number of amides is 2. The summed E-state index contributed by atoms with van der Waals surface area (Å²) in [4.78, 5) is 24.9. The maximum atomic E-state index is 12.5. The van der Waals surface area contributed by atoms with Crippen LogP contribution < -0.4 is 15.4 Å². The Morgan fingerprint density at radius 2 is 1.79 bits per heavy atom. The van der Waals surface area contributed by atoms with E-state index in [9.17, 15) is 14.7 Å². The summed E-state index contributed by atoms with van der Waals surface area (Å²) in [5.74, 6) is -0.494. The number of phenols is 1. The molecule has 0 saturated heterocycles. The summed E-state index contributed by atoms with van der Waals surface area (Å²) < 4.78 is 5.42. The van der Waals surface area contributed by atoms with E-state index in [-0.39, 0.29) is 30.2 Å². The van der Waals surface area contributed by atoms with Crippen LogP contribution in [0.5, 0.6) is 11.5 Å². The van der Waals surface area contributed by atoms with Crippen LogP contribution in [-0.2, 0) is 4.79 Å². The summed E-state index contributed by atoms with van der Waals surface area (Å²) in [6.07, 6.45) is 2.95. The number of benzene rings is 2. The zero-order valence-corrected chi connectivity index (χ0v) is 15.7. The van der Waals surface area contributed by atoms with Crippen molar-refractivity contribution in [3.63, 3.8) is 0 Å². The molecule has 0 atom stereocenters. The van der Waals surface area contributed by atoms with Crippen molar-refractivity contribution in [1.82, 2.24) is 10.6 Å². The normalized spacial score (nSPS) is 10.7. The van der Waals surface area contributed by atoms with Crippen LogP contribution in [0.25, 0.3) is 6.08 Å². The predicted molar refractivity (Wildman–Crippen MR) is 110 cm³/mol. The first-order valence-electron chi connectivity index (χ1n) is 8.74. The van der Waals surface area contributed by atoms with Crippen molar-refractivity contribution in [2.45, 2.75) is 0 Å². The van der Waals surface area contributed by atoms with Crippen LogP contribution in [0.1, 0.15) is 15.9 Å². The number of para-hydroxylation sites is 1. The molecule has 7 heteroatoms. The third-order valence-electron chi connectivity index (χ3n) is 3.71. The molecule has 2 aromatic carbocycles. The fourth-order valence-electron chi connectivity index (χ4n) is 2.27. The maximum Gasteiger partial charge on any atom is 0.267 e. The highest BCUT2D eigenvalue weighted by Gasteiger charge is 2.16. The number of hydrogen-bond acceptors (Lipinski definition) is 5. The minimum atomic E-state index is -0.643. The van der Waals surface area contributed by atoms with Gasteiger partial charge in [0, 0.05) is 6.54 Å². The zero-order valence-electron chi connectivity index (χ0n) is 15.7. The molecule has 0 heterocycles. The van der Waals surface area contributed by atoms with Gasteiger partial charge in [-0.05, 0) is 42.0 Å². The molecule has 0 aliphatic rings. The van der Waals surface area contributed by atoms with Gasteiger partial charge in [0.05, 0.1) is 12.2 Å². The minimum Gasteiger partial charge on any atom is -0.507 e. The quantitative estimate of drug-likeness (QED) is 0.297. The third-order valence-corrected chi connectivity index (χ3v) is 3.71. The van der Waals surface area contributed by atoms with Crippen LogP contribution in [0.3, 0.4) is 0 Å². The highest BCUT2D eigenvalue weighted by Crippen LogP contribution is 2.18. The molecule has 29 heavy (non-hydrogen) atoms. The van der Waals surface area contributed by atoms with Crippen molar-refractivity contribution in [3.8, 4) is 11.5 Å². The monoisotopic (exact) mass is 394 g/mol. The van der Waals surface area contributed by atoms with Crippen molar-refractivity contribution in [2.75, 3.05) is 13.2 Å². The van der Waals surface area contributed by atoms with Gasteiger partial charge in [0.25, 0.3) is 11.8 Å². The predicted octanol–water partition coefficient (Wildman–Crippen LogP) is 2.35. The highest BCUT2D eigenvalue weighted by molar-refractivity contribution is 6.06. The van der Waals surface area contributed by atoms with Gasteiger partial charge in [-0.1, -0.05) is 37.4 Å². The lowest BCUT2D eigenvalue weighted by Gasteiger charge is -2.11. The van der Waals surface area contributed by atoms with Gasteiger partial charge < -0.3 is 25.6 Å². The number of aliphatic hydroxyl groups excluding tert-OH is 1. The van der Waals surface area contributed by atoms with Gasteiger partial charge in [-0.3, -0.25) is 9.59 Å². The second-order valence-electron chi connectivity index (χ2n) is 5.85. The lowest BCUT2D eigenvalue weighted by atomic mass is 10.1. The van der Waals surface area contributed by atoms with Crippen molar-refractivity contribution < 1.29 is 24.5 Å². The molecule has 0 saturated carbocycles. The van der Waals surface area contributed by atoms with Gasteiger partial charge in [0.2, 0.25) is 0 Å². The van der Waals surface area contributed by atoms with Crippen LogP contribution in [-0.4, -0.2) is 35.2 Å². The molecule has 0 fully saturated rings. The molecule has 0 aromatic heterocycles. The number of ether oxygens (including phenoxy) is 1. The van der Waals surface area contributed by atoms with E-state index < -0.39 is 11.8 Å². The Kier molecular flexibility index (Phi) is 7.76. The van der Waals surface area contributed by atoms with Crippen molar-refractivity contribution in [1.29, 1.82) is 0 Å². The van der Waals surface area contributed by atoms with Gasteiger partial charge in [-0.25, -0.2) is 0 Å². The van der Waals surface area contributed by atoms with E-state index in [1.807, 2.05) is 0 Å². The molecule has 4 N–H and O–H groups in total. The van der Waals surface area contributed by atoms with Crippen LogP contribution in [0.4, 0.5) is 0 Å². The second-order valence-corrected chi connectivity index (χ2v) is 5.85. The molecule has 2 amide bonds. The number of allylic oxidation sites excluding steroid dienone is 1. The number of carbonyl (C=O) groups is 2. The molecule has 0 radical (unpaired) electrons. The molecule has 0 spiro atoms. The summed E-state index contributed by atoms with van der Waals surface area (Å²) in [5, 5.41) is 23.8. The Hall–Kier alpha value is -3.84. The Morgan fingerprint density at radius 1 is 1.10 bits per heavy atom. The SMILES string of the molecule is C=CC(=C)Oc1ccc(C=C(NC(=O)c2ccccc2O)C(=O)NCCO)cc1. The first-order valence-corrected chi connectivity index (χ1v) is 8.74. The van der Waals surface area contributed by atoms with E-state index in [1.54, 1.807) is 36.4 Å². The molecule has 2 rings (SSSR count). The molecule has 0 unspecified atom stereocenters. The molecule has 0 aliphatic carbocycles. The van der Waals surface area contributed by atoms with E-state index in [1.165, 1.54) is 24.3 Å². The standard InChI is InChI=1S/C22H22N2O5/c1-3-15(2)29-17-10-8-16(9-11-17)14-19(22(28)23-12-13-25)24-21(27)18-6-4-5-7-20(18)26/h3-11,14,25-26H,1-2,12-13H2,(H,23,28)(H,24,27). The van der Waals surface area contributed by atoms with Gasteiger partial charge >= 0.3 is 0 Å². The highest BCUT2D eigenvalue weighted by atomic mass is 16.5. The molecule has 2 aromatic rings. The first-order chi connectivity index (χ1) is 13.9. The Balaban J connectivity index is 2.26. The number of aliphatic hydroxyl groups is 1. The van der Waals surface area contributed by atoms with Crippen molar-refractivity contribution in [3.05, 3.63) is 90.3 Å². The summed E-state index contributed by atoms with van der Waals surface area (Å²) in [5.41, 5.74) is 0.601. The molecule has 7 nitrogen and oxygen atoms in total. The summed E-state index contributed by atoms with van der Waals surface area (Å²) in [7, 11) is 0. The number of nitrogens with one attached hydrogen (secondary N) is 2. The van der Waals surface area contributed by atoms with Gasteiger partial charge in [-0.15, -0.1) is 0 Å². The van der Waals surface area contributed by atoms with Crippen LogP contribution >= 0.6 is 0 Å². The van der Waals surface area contributed by atoms with Gasteiger partial charge in [0.15, 0.2) is 0 Å². The van der Waals surface area contributed by atoms with Crippen LogP contribution in [0.15, 0.2) is 79.2 Å². The van der Waals surface area contributed by atoms with E-state index in [2.05, 4.69) is 23.8 Å². The first kappa shape index (κ1) is 21.5. The van der Waals surface area contributed by atoms with E-state index in [0.717, 1.165) is 0 Å². The number of phenolic OH excluding ortho intramolecular Hbond substituents is 1. The minimum absolute atomic E-state index is 0.0269. The van der Waals surface area contributed by atoms with Crippen LogP contribution in [0.2, 0.25) is 0 Å². The largest absolute Gasteiger partial charge is 0.507 e. The second kappa shape index (κ2) is 10.5. The topological polar surface area (TPSA) is 108 Å². The Bertz CT molecular complexity index is 932. The molecular formula is C22H22N2O5. The molecule has 0 bridgehead atoms. The van der Waals surface area contributed by atoms with Crippen LogP contribution in [0, 0.1) is 0 Å². The summed E-state index contributed by atoms with van der Waals surface area (Å²) in [6, 6.07) is 12.7. The molecular weight excluding hydrogens is 372 g/mol. The number of rotatable bonds is 9. The van der Waals surface area contributed by atoms with E-state index in [4.69, 9.17) is 9.84 Å². The third kappa shape index (κ3) is 6.37. The number of hydrogen-bond donors (Lipinski definition) is 4. The summed E-state index contributed by atoms with van der Waals surface area (Å²) >= 11 is 0. The fourth-order valence-corrected chi connectivity index (χ4v) is 2.27. The fraction of sp³-hybridized carbons (Fsp3) is 0.0909. The lowest BCUT2D eigenvalue weighted by Crippen LogP contribution is -2.36. The lowest BCUT2D eigenvalue weighted by molar-refractivity contribution is -0.117. The smallest absolute Gasteiger partial charge is 0.267 e. The zero-order chi connectivity index (χ0) is 21.2. The van der Waals surface area contributed by atoms with Crippen molar-refractivity contribution in [2.24, 2.45) is 0 Å². The summed E-state index contributed by atoms with van der Waals surface area (Å²) in [6.45, 7) is 7.01. The van der Waals surface area contributed by atoms with Gasteiger partial charge in [-0.2, -0.15) is 0 Å². The number of aromatic hydroxyl groups is 1. The average Bonchev–Trinajstić information content (AvgIpc) is 2.72. The van der Waals surface area contributed by atoms with Gasteiger partial charge in [0.1, 0.15) is 23.0 Å².